The van der Waals surface area contributed by atoms with Gasteiger partial charge in [0, 0.05) is 13.3 Å². The Hall–Kier alpha value is -1.14. The van der Waals surface area contributed by atoms with Gasteiger partial charge < -0.3 is 20.4 Å². The molecule has 0 aliphatic heterocycles. The number of carboxylic acids is 2. The molecule has 0 aromatic heterocycles. The zero-order chi connectivity index (χ0) is 14.6. The van der Waals surface area contributed by atoms with Gasteiger partial charge in [0.1, 0.15) is 6.42 Å². The van der Waals surface area contributed by atoms with Gasteiger partial charge in [-0.05, 0) is 19.9 Å². The van der Waals surface area contributed by atoms with Gasteiger partial charge in [-0.2, -0.15) is 0 Å². The molecule has 18 heavy (non-hydrogen) atoms. The summed E-state index contributed by atoms with van der Waals surface area (Å²) in [5, 5.41) is 18.3. The van der Waals surface area contributed by atoms with Crippen LogP contribution in [0.25, 0.3) is 0 Å². The average Bonchev–Trinajstić information content (AvgIpc) is 2.23. The lowest BCUT2D eigenvalue weighted by molar-refractivity contribution is -0.951. The van der Waals surface area contributed by atoms with Crippen LogP contribution in [-0.2, 0) is 9.59 Å². The zero-order valence-corrected chi connectivity index (χ0v) is 11.6. The Labute approximate surface area is 108 Å². The molecule has 0 heterocycles. The second-order valence-electron chi connectivity index (χ2n) is 5.47. The van der Waals surface area contributed by atoms with Crippen molar-refractivity contribution in [2.75, 3.05) is 20.6 Å². The van der Waals surface area contributed by atoms with Gasteiger partial charge in [-0.1, -0.05) is 0 Å². The Bertz CT molecular complexity index is 317. The summed E-state index contributed by atoms with van der Waals surface area (Å²) in [7, 11) is 3.52. The summed E-state index contributed by atoms with van der Waals surface area (Å²) in [5.41, 5.74) is 4.10. The summed E-state index contributed by atoms with van der Waals surface area (Å²) < 4.78 is 0.120. The zero-order valence-electron chi connectivity index (χ0n) is 11.6. The first-order valence-corrected chi connectivity index (χ1v) is 6.08. The molecule has 0 aliphatic carbocycles. The molecule has 0 radical (unpaired) electrons. The molecule has 4 N–H and O–H groups in total. The number of quaternary nitrogens is 1. The van der Waals surface area contributed by atoms with Crippen LogP contribution in [0.3, 0.4) is 0 Å². The number of nitrogens with zero attached hydrogens (tertiary/aromatic N) is 1. The molecule has 0 aliphatic rings. The minimum Gasteiger partial charge on any atom is -0.481 e. The molecule has 2 atom stereocenters. The Morgan fingerprint density at radius 3 is 2.17 bits per heavy atom. The van der Waals surface area contributed by atoms with Crippen molar-refractivity contribution in [1.82, 2.24) is 0 Å². The third-order valence-corrected chi connectivity index (χ3v) is 4.16. The van der Waals surface area contributed by atoms with Gasteiger partial charge in [-0.25, -0.2) is 4.79 Å². The Balaban J connectivity index is 5.19. The van der Waals surface area contributed by atoms with E-state index < -0.39 is 23.9 Å². The molecule has 0 spiro atoms. The molecular formula is C12H25N2O4+. The van der Waals surface area contributed by atoms with Gasteiger partial charge in [0.2, 0.25) is 5.54 Å². The van der Waals surface area contributed by atoms with Crippen LogP contribution in [-0.4, -0.2) is 58.9 Å². The summed E-state index contributed by atoms with van der Waals surface area (Å²) in [6, 6.07) is 0.0222. The van der Waals surface area contributed by atoms with E-state index in [0.717, 1.165) is 12.8 Å². The van der Waals surface area contributed by atoms with Crippen molar-refractivity contribution in [2.45, 2.75) is 44.7 Å². The quantitative estimate of drug-likeness (QED) is 0.553. The fourth-order valence-electron chi connectivity index (χ4n) is 2.04. The summed E-state index contributed by atoms with van der Waals surface area (Å²) in [6.07, 6.45) is 1.17. The van der Waals surface area contributed by atoms with Crippen molar-refractivity contribution in [2.24, 2.45) is 5.73 Å². The monoisotopic (exact) mass is 261 g/mol. The van der Waals surface area contributed by atoms with E-state index in [-0.39, 0.29) is 10.5 Å². The van der Waals surface area contributed by atoms with E-state index in [0.29, 0.717) is 6.54 Å². The summed E-state index contributed by atoms with van der Waals surface area (Å²) in [4.78, 5) is 22.4. The van der Waals surface area contributed by atoms with Crippen molar-refractivity contribution in [1.29, 1.82) is 0 Å². The molecule has 0 fully saturated rings. The van der Waals surface area contributed by atoms with Crippen LogP contribution in [0, 0.1) is 0 Å². The minimum absolute atomic E-state index is 0.0222. The van der Waals surface area contributed by atoms with E-state index in [1.165, 1.54) is 6.92 Å². The van der Waals surface area contributed by atoms with Crippen molar-refractivity contribution in [3.63, 3.8) is 0 Å². The SMILES string of the molecule is CC(CCCN)[N+](C)(C)C(C)(CC(=O)O)C(=O)O. The standard InChI is InChI=1S/C12H24N2O4/c1-9(6-5-7-13)14(3,4)12(2,11(17)18)8-10(15)16/h9H,5-8,13H2,1-4H3,(H-,15,16,17,18)/p+1. The van der Waals surface area contributed by atoms with Gasteiger partial charge >= 0.3 is 11.9 Å². The fraction of sp³-hybridized carbons (Fsp3) is 0.833. The Morgan fingerprint density at radius 2 is 1.83 bits per heavy atom. The smallest absolute Gasteiger partial charge is 0.366 e. The van der Waals surface area contributed by atoms with Gasteiger partial charge in [0.25, 0.3) is 0 Å². The number of carbonyl (C=O) groups is 2. The van der Waals surface area contributed by atoms with E-state index in [1.807, 2.05) is 6.92 Å². The highest BCUT2D eigenvalue weighted by molar-refractivity contribution is 5.83. The molecule has 0 bridgehead atoms. The topological polar surface area (TPSA) is 101 Å². The average molecular weight is 261 g/mol. The Morgan fingerprint density at radius 1 is 1.33 bits per heavy atom. The molecule has 106 valence electrons. The lowest BCUT2D eigenvalue weighted by atomic mass is 9.90. The lowest BCUT2D eigenvalue weighted by Gasteiger charge is -2.47. The number of rotatable bonds is 8. The third-order valence-electron chi connectivity index (χ3n) is 4.16. The predicted octanol–water partition coefficient (Wildman–Crippen LogP) is 0.508. The molecule has 0 saturated carbocycles. The van der Waals surface area contributed by atoms with E-state index in [2.05, 4.69) is 0 Å². The molecule has 0 aromatic carbocycles. The fourth-order valence-corrected chi connectivity index (χ4v) is 2.04. The predicted molar refractivity (Wildman–Crippen MR) is 68.2 cm³/mol. The maximum atomic E-state index is 11.5. The van der Waals surface area contributed by atoms with Crippen molar-refractivity contribution in [3.8, 4) is 0 Å². The summed E-state index contributed by atoms with van der Waals surface area (Å²) in [6.45, 7) is 3.97. The number of carboxylic acid groups (broad SMARTS) is 2. The first-order chi connectivity index (χ1) is 8.09. The lowest BCUT2D eigenvalue weighted by Crippen LogP contribution is -2.66. The van der Waals surface area contributed by atoms with Crippen LogP contribution in [0.2, 0.25) is 0 Å². The molecule has 0 amide bonds. The molecule has 0 rings (SSSR count). The van der Waals surface area contributed by atoms with Crippen LogP contribution < -0.4 is 5.73 Å². The van der Waals surface area contributed by atoms with Crippen molar-refractivity contribution >= 4 is 11.9 Å². The van der Waals surface area contributed by atoms with Crippen LogP contribution in [0.4, 0.5) is 0 Å². The number of hydrogen-bond acceptors (Lipinski definition) is 3. The first-order valence-electron chi connectivity index (χ1n) is 6.08. The highest BCUT2D eigenvalue weighted by atomic mass is 16.4. The maximum absolute atomic E-state index is 11.5. The van der Waals surface area contributed by atoms with Gasteiger partial charge in [0.05, 0.1) is 20.1 Å². The third kappa shape index (κ3) is 3.43. The summed E-state index contributed by atoms with van der Waals surface area (Å²) in [5.74, 6) is -2.19. The largest absolute Gasteiger partial charge is 0.481 e. The first kappa shape index (κ1) is 16.9. The molecular weight excluding hydrogens is 236 g/mol. The molecule has 2 unspecified atom stereocenters. The molecule has 6 nitrogen and oxygen atoms in total. The number of nitrogens with two attached hydrogens (primary N) is 1. The van der Waals surface area contributed by atoms with E-state index >= 15 is 0 Å². The number of hydrogen-bond donors (Lipinski definition) is 3. The van der Waals surface area contributed by atoms with E-state index in [1.54, 1.807) is 14.1 Å². The molecule has 6 heteroatoms. The van der Waals surface area contributed by atoms with Gasteiger partial charge in [0.15, 0.2) is 0 Å². The highest BCUT2D eigenvalue weighted by Gasteiger charge is 2.52. The van der Waals surface area contributed by atoms with E-state index in [9.17, 15) is 14.7 Å². The van der Waals surface area contributed by atoms with Crippen LogP contribution in [0.1, 0.15) is 33.1 Å². The normalized spacial score (nSPS) is 16.9. The van der Waals surface area contributed by atoms with Crippen molar-refractivity contribution in [3.05, 3.63) is 0 Å². The van der Waals surface area contributed by atoms with Crippen molar-refractivity contribution < 1.29 is 24.3 Å². The molecule has 0 aromatic rings. The van der Waals surface area contributed by atoms with E-state index in [4.69, 9.17) is 10.8 Å². The van der Waals surface area contributed by atoms with Crippen LogP contribution in [0.15, 0.2) is 0 Å². The number of aliphatic carboxylic acids is 2. The second-order valence-corrected chi connectivity index (χ2v) is 5.47. The highest BCUT2D eigenvalue weighted by Crippen LogP contribution is 2.30. The minimum atomic E-state index is -1.35. The summed E-state index contributed by atoms with van der Waals surface area (Å²) >= 11 is 0. The Kier molecular flexibility index (Phi) is 5.76. The number of likely N-dealkylation sites (N-methyl/N-ethyl adjacent to an activating group) is 1. The second kappa shape index (κ2) is 6.15. The van der Waals surface area contributed by atoms with Crippen LogP contribution >= 0.6 is 0 Å². The van der Waals surface area contributed by atoms with Gasteiger partial charge in [-0.3, -0.25) is 4.79 Å². The maximum Gasteiger partial charge on any atom is 0.366 e. The molecule has 0 saturated heterocycles. The van der Waals surface area contributed by atoms with Crippen LogP contribution in [0.5, 0.6) is 0 Å². The van der Waals surface area contributed by atoms with Gasteiger partial charge in [-0.15, -0.1) is 0 Å².